The van der Waals surface area contributed by atoms with Crippen molar-refractivity contribution in [1.29, 1.82) is 0 Å². The summed E-state index contributed by atoms with van der Waals surface area (Å²) in [6.07, 6.45) is -8.20. The van der Waals surface area contributed by atoms with Crippen molar-refractivity contribution in [2.45, 2.75) is 30.6 Å². The van der Waals surface area contributed by atoms with Gasteiger partial charge in [-0.05, 0) is 0 Å². The lowest BCUT2D eigenvalue weighted by Gasteiger charge is -2.18. The number of nitrogens with zero attached hydrogens (tertiary/aromatic N) is 1. The van der Waals surface area contributed by atoms with Crippen LogP contribution >= 0.6 is 0 Å². The highest BCUT2D eigenvalue weighted by Gasteiger charge is 2.48. The number of halogens is 1. The zero-order valence-corrected chi connectivity index (χ0v) is 10.3. The van der Waals surface area contributed by atoms with E-state index < -0.39 is 53.6 Å². The Balaban J connectivity index is 2.38. The van der Waals surface area contributed by atoms with Gasteiger partial charge in [0.15, 0.2) is 12.3 Å². The minimum atomic E-state index is -1.94. The molecular formula is C10H12FN3O7. The standard InChI is InChI=1S/C10H12FN3O7/c11-2-1-14(10(20)13-8(2)19)9-4(16)3(15)6(21-9)5(17)7(12)18/h1,3-6,9,15-17H,(H2,12,18)(H,13,19,20)/t3-,4-,5-,6+,9+/m0/s1. The number of aliphatic hydroxyl groups is 3. The molecule has 2 heterocycles. The van der Waals surface area contributed by atoms with Crippen LogP contribution in [-0.2, 0) is 9.53 Å². The minimum absolute atomic E-state index is 0.473. The molecule has 1 aromatic rings. The molecule has 21 heavy (non-hydrogen) atoms. The zero-order valence-electron chi connectivity index (χ0n) is 10.3. The third kappa shape index (κ3) is 2.58. The van der Waals surface area contributed by atoms with Crippen molar-refractivity contribution in [1.82, 2.24) is 9.55 Å². The number of aliphatic hydroxyl groups excluding tert-OH is 3. The minimum Gasteiger partial charge on any atom is -0.387 e. The summed E-state index contributed by atoms with van der Waals surface area (Å²) in [6.45, 7) is 0. The third-order valence-electron chi connectivity index (χ3n) is 3.08. The van der Waals surface area contributed by atoms with E-state index in [0.717, 1.165) is 0 Å². The predicted octanol–water partition coefficient (Wildman–Crippen LogP) is -3.86. The molecule has 1 saturated heterocycles. The van der Waals surface area contributed by atoms with Gasteiger partial charge in [0.2, 0.25) is 11.7 Å². The first-order valence-electron chi connectivity index (χ1n) is 5.74. The molecule has 0 spiro atoms. The molecule has 11 heteroatoms. The van der Waals surface area contributed by atoms with Crippen molar-refractivity contribution in [3.8, 4) is 0 Å². The molecule has 1 aliphatic heterocycles. The van der Waals surface area contributed by atoms with Crippen molar-refractivity contribution >= 4 is 5.91 Å². The Labute approximate surface area is 115 Å². The fourth-order valence-corrected chi connectivity index (χ4v) is 1.99. The average Bonchev–Trinajstić information content (AvgIpc) is 2.70. The summed E-state index contributed by atoms with van der Waals surface area (Å²) >= 11 is 0. The highest BCUT2D eigenvalue weighted by Crippen LogP contribution is 2.30. The van der Waals surface area contributed by atoms with Gasteiger partial charge in [0.25, 0.3) is 5.56 Å². The van der Waals surface area contributed by atoms with E-state index in [1.54, 1.807) is 4.98 Å². The van der Waals surface area contributed by atoms with E-state index in [9.17, 15) is 34.1 Å². The zero-order chi connectivity index (χ0) is 15.9. The fourth-order valence-electron chi connectivity index (χ4n) is 1.99. The van der Waals surface area contributed by atoms with Crippen LogP contribution in [0.2, 0.25) is 0 Å². The first kappa shape index (κ1) is 15.3. The second-order valence-corrected chi connectivity index (χ2v) is 4.46. The van der Waals surface area contributed by atoms with E-state index in [1.807, 2.05) is 0 Å². The molecule has 2 rings (SSSR count). The quantitative estimate of drug-likeness (QED) is 0.380. The number of ether oxygens (including phenoxy) is 1. The second-order valence-electron chi connectivity index (χ2n) is 4.46. The second kappa shape index (κ2) is 5.37. The van der Waals surface area contributed by atoms with E-state index in [-0.39, 0.29) is 0 Å². The molecule has 0 bridgehead atoms. The van der Waals surface area contributed by atoms with Crippen LogP contribution in [-0.4, -0.2) is 55.2 Å². The first-order valence-corrected chi connectivity index (χ1v) is 5.74. The van der Waals surface area contributed by atoms with Crippen molar-refractivity contribution in [2.24, 2.45) is 5.73 Å². The number of rotatable bonds is 3. The first-order chi connectivity index (χ1) is 9.73. The molecule has 6 N–H and O–H groups in total. The van der Waals surface area contributed by atoms with Crippen molar-refractivity contribution in [3.05, 3.63) is 32.9 Å². The Hall–Kier alpha value is -2.08. The lowest BCUT2D eigenvalue weighted by molar-refractivity contribution is -0.140. The van der Waals surface area contributed by atoms with Gasteiger partial charge in [0.1, 0.15) is 18.3 Å². The number of amides is 1. The molecule has 0 aliphatic carbocycles. The smallest absolute Gasteiger partial charge is 0.330 e. The number of carbonyl (C=O) groups excluding carboxylic acids is 1. The van der Waals surface area contributed by atoms with Crippen LogP contribution in [0.5, 0.6) is 0 Å². The Kier molecular flexibility index (Phi) is 3.91. The summed E-state index contributed by atoms with van der Waals surface area (Å²) in [5.74, 6) is -2.54. The van der Waals surface area contributed by atoms with Gasteiger partial charge in [-0.25, -0.2) is 4.79 Å². The number of carbonyl (C=O) groups is 1. The number of hydrogen-bond donors (Lipinski definition) is 5. The summed E-state index contributed by atoms with van der Waals surface area (Å²) in [7, 11) is 0. The van der Waals surface area contributed by atoms with E-state index in [0.29, 0.717) is 10.8 Å². The van der Waals surface area contributed by atoms with Crippen molar-refractivity contribution in [2.75, 3.05) is 0 Å². The molecule has 5 atom stereocenters. The van der Waals surface area contributed by atoms with Crippen LogP contribution < -0.4 is 17.0 Å². The van der Waals surface area contributed by atoms with Crippen LogP contribution in [0.3, 0.4) is 0 Å². The summed E-state index contributed by atoms with van der Waals surface area (Å²) in [6, 6.07) is 0. The summed E-state index contributed by atoms with van der Waals surface area (Å²) < 4.78 is 18.7. The van der Waals surface area contributed by atoms with Crippen LogP contribution in [0.1, 0.15) is 6.23 Å². The fraction of sp³-hybridized carbons (Fsp3) is 0.500. The highest BCUT2D eigenvalue weighted by molar-refractivity contribution is 5.79. The molecule has 116 valence electrons. The number of H-pyrrole nitrogens is 1. The number of hydrogen-bond acceptors (Lipinski definition) is 7. The molecule has 0 unspecified atom stereocenters. The predicted molar refractivity (Wildman–Crippen MR) is 62.4 cm³/mol. The van der Waals surface area contributed by atoms with Crippen molar-refractivity contribution in [3.63, 3.8) is 0 Å². The van der Waals surface area contributed by atoms with Gasteiger partial charge in [-0.1, -0.05) is 0 Å². The topological polar surface area (TPSA) is 168 Å². The van der Waals surface area contributed by atoms with Gasteiger partial charge < -0.3 is 25.8 Å². The maximum atomic E-state index is 13.2. The van der Waals surface area contributed by atoms with Gasteiger partial charge in [-0.3, -0.25) is 19.1 Å². The Bertz CT molecular complexity index is 671. The number of nitrogens with one attached hydrogen (secondary N) is 1. The molecule has 0 saturated carbocycles. The highest BCUT2D eigenvalue weighted by atomic mass is 19.1. The SMILES string of the molecule is NC(=O)[C@@H](O)[C@@H]1O[C@@H](n2cc(F)c(=O)[nH]c2=O)[C@@H](O)[C@@H]1O. The molecule has 0 radical (unpaired) electrons. The van der Waals surface area contributed by atoms with Gasteiger partial charge in [0.05, 0.1) is 6.20 Å². The molecule has 10 nitrogen and oxygen atoms in total. The number of primary amides is 1. The largest absolute Gasteiger partial charge is 0.387 e. The average molecular weight is 305 g/mol. The summed E-state index contributed by atoms with van der Waals surface area (Å²) in [5, 5.41) is 28.9. The van der Waals surface area contributed by atoms with E-state index >= 15 is 0 Å². The monoisotopic (exact) mass is 305 g/mol. The maximum absolute atomic E-state index is 13.2. The number of aromatic nitrogens is 2. The molecule has 0 aromatic carbocycles. The van der Waals surface area contributed by atoms with Crippen LogP contribution in [0.15, 0.2) is 15.8 Å². The lowest BCUT2D eigenvalue weighted by Crippen LogP contribution is -2.45. The van der Waals surface area contributed by atoms with Crippen LogP contribution in [0.4, 0.5) is 4.39 Å². The van der Waals surface area contributed by atoms with Crippen LogP contribution in [0.25, 0.3) is 0 Å². The molecule has 1 aliphatic rings. The summed E-state index contributed by atoms with van der Waals surface area (Å²) in [5.41, 5.74) is 2.47. The molecule has 1 aromatic heterocycles. The van der Waals surface area contributed by atoms with E-state index in [4.69, 9.17) is 10.5 Å². The third-order valence-corrected chi connectivity index (χ3v) is 3.08. The molecule has 1 amide bonds. The van der Waals surface area contributed by atoms with Crippen LogP contribution in [0, 0.1) is 5.82 Å². The van der Waals surface area contributed by atoms with Gasteiger partial charge in [-0.15, -0.1) is 0 Å². The van der Waals surface area contributed by atoms with Gasteiger partial charge >= 0.3 is 5.69 Å². The normalized spacial score (nSPS) is 30.3. The van der Waals surface area contributed by atoms with E-state index in [1.165, 1.54) is 0 Å². The lowest BCUT2D eigenvalue weighted by atomic mass is 10.1. The summed E-state index contributed by atoms with van der Waals surface area (Å²) in [4.78, 5) is 35.0. The Morgan fingerprint density at radius 3 is 2.62 bits per heavy atom. The van der Waals surface area contributed by atoms with E-state index in [2.05, 4.69) is 0 Å². The van der Waals surface area contributed by atoms with Gasteiger partial charge in [0, 0.05) is 0 Å². The Morgan fingerprint density at radius 1 is 1.43 bits per heavy atom. The molecular weight excluding hydrogens is 293 g/mol. The maximum Gasteiger partial charge on any atom is 0.330 e. The van der Waals surface area contributed by atoms with Gasteiger partial charge in [-0.2, -0.15) is 4.39 Å². The Morgan fingerprint density at radius 2 is 2.05 bits per heavy atom. The number of nitrogens with two attached hydrogens (primary N) is 1. The number of aromatic amines is 1. The molecule has 1 fully saturated rings. The van der Waals surface area contributed by atoms with Crippen molar-refractivity contribution < 1.29 is 29.2 Å².